The fraction of sp³-hybridized carbons (Fsp3) is 0.185. The molecule has 200 valence electrons. The van der Waals surface area contributed by atoms with Gasteiger partial charge in [-0.25, -0.2) is 4.98 Å². The van der Waals surface area contributed by atoms with Crippen LogP contribution in [0.2, 0.25) is 0 Å². The number of aryl methyl sites for hydroxylation is 1. The second-order valence-corrected chi connectivity index (χ2v) is 9.90. The lowest BCUT2D eigenvalue weighted by Crippen LogP contribution is -2.20. The largest absolute Gasteiger partial charge is 0.593 e. The van der Waals surface area contributed by atoms with Gasteiger partial charge in [0.2, 0.25) is 5.95 Å². The number of amides is 1. The van der Waals surface area contributed by atoms with Gasteiger partial charge in [-0.2, -0.15) is 4.39 Å². The summed E-state index contributed by atoms with van der Waals surface area (Å²) in [6.45, 7) is 4.19. The minimum atomic E-state index is -1.44. The van der Waals surface area contributed by atoms with Crippen LogP contribution in [-0.2, 0) is 11.4 Å². The number of hydrogen-bond donors (Lipinski definition) is 2. The Bertz CT molecular complexity index is 1550. The Balaban J connectivity index is 1.56. The summed E-state index contributed by atoms with van der Waals surface area (Å²) in [5, 5.41) is 11.4. The van der Waals surface area contributed by atoms with Crippen molar-refractivity contribution in [2.24, 2.45) is 0 Å². The quantitative estimate of drug-likeness (QED) is 0.255. The molecule has 39 heavy (non-hydrogen) atoms. The fourth-order valence-corrected chi connectivity index (χ4v) is 4.71. The van der Waals surface area contributed by atoms with Crippen molar-refractivity contribution in [1.82, 2.24) is 19.9 Å². The molecule has 1 amide bonds. The summed E-state index contributed by atoms with van der Waals surface area (Å²) in [4.78, 5) is 17.9. The zero-order valence-electron chi connectivity index (χ0n) is 21.3. The number of carbonyl (C=O) groups excluding carboxylic acids is 1. The molecule has 2 N–H and O–H groups in total. The minimum absolute atomic E-state index is 0.0854. The van der Waals surface area contributed by atoms with Crippen molar-refractivity contribution in [3.63, 3.8) is 0 Å². The first kappa shape index (κ1) is 26.4. The molecule has 0 radical (unpaired) electrons. The smallest absolute Gasteiger partial charge is 0.261 e. The number of rotatable bonds is 7. The van der Waals surface area contributed by atoms with E-state index in [4.69, 9.17) is 14.2 Å². The van der Waals surface area contributed by atoms with Gasteiger partial charge in [0.15, 0.2) is 22.1 Å². The van der Waals surface area contributed by atoms with E-state index in [0.717, 1.165) is 6.07 Å². The first-order chi connectivity index (χ1) is 18.8. The highest BCUT2D eigenvalue weighted by atomic mass is 32.2. The normalized spacial score (nSPS) is 13.1. The number of nitrogens with zero attached hydrogens (tertiary/aromatic N) is 3. The van der Waals surface area contributed by atoms with Gasteiger partial charge in [0.05, 0.1) is 22.7 Å². The standard InChI is InChI=1S/C27H24FN5O5S/c1-15-24(26(34)31-18-5-4-6-19(14-18)39(35)29-3)27(38-20-9-10-23(28)30-16(20)2)33-32-25(15)17-7-8-21-22(13-17)37-12-11-36-21/h4-10,13-14,29H,11-12H2,1-3H3,(H,31,34). The van der Waals surface area contributed by atoms with E-state index < -0.39 is 23.2 Å². The number of ether oxygens (including phenoxy) is 3. The molecule has 0 spiro atoms. The van der Waals surface area contributed by atoms with Gasteiger partial charge in [-0.05, 0) is 61.9 Å². The molecule has 0 fully saturated rings. The lowest BCUT2D eigenvalue weighted by Gasteiger charge is -2.19. The fourth-order valence-electron chi connectivity index (χ4n) is 4.03. The molecule has 1 aliphatic rings. The third-order valence-corrected chi connectivity index (χ3v) is 6.98. The number of nitrogens with one attached hydrogen (secondary N) is 2. The van der Waals surface area contributed by atoms with Gasteiger partial charge in [0, 0.05) is 24.4 Å². The predicted octanol–water partition coefficient (Wildman–Crippen LogP) is 4.35. The van der Waals surface area contributed by atoms with E-state index in [1.807, 2.05) is 0 Å². The number of halogens is 1. The maximum Gasteiger partial charge on any atom is 0.261 e. The predicted molar refractivity (Wildman–Crippen MR) is 142 cm³/mol. The summed E-state index contributed by atoms with van der Waals surface area (Å²) in [6.07, 6.45) is 0. The molecule has 12 heteroatoms. The van der Waals surface area contributed by atoms with Crippen molar-refractivity contribution in [3.8, 4) is 34.4 Å². The van der Waals surface area contributed by atoms with Crippen molar-refractivity contribution in [2.75, 3.05) is 25.6 Å². The molecule has 2 aromatic heterocycles. The van der Waals surface area contributed by atoms with Crippen molar-refractivity contribution in [1.29, 1.82) is 0 Å². The van der Waals surface area contributed by atoms with Crippen LogP contribution in [-0.4, -0.2) is 45.9 Å². The lowest BCUT2D eigenvalue weighted by molar-refractivity contribution is 0.102. The first-order valence-corrected chi connectivity index (χ1v) is 13.1. The van der Waals surface area contributed by atoms with E-state index in [-0.39, 0.29) is 22.9 Å². The first-order valence-electron chi connectivity index (χ1n) is 11.9. The minimum Gasteiger partial charge on any atom is -0.593 e. The van der Waals surface area contributed by atoms with E-state index in [1.165, 1.54) is 6.07 Å². The van der Waals surface area contributed by atoms with Crippen LogP contribution in [0.15, 0.2) is 59.5 Å². The highest BCUT2D eigenvalue weighted by Gasteiger charge is 2.25. The Labute approximate surface area is 226 Å². The van der Waals surface area contributed by atoms with Crippen LogP contribution < -0.4 is 24.2 Å². The maximum absolute atomic E-state index is 13.7. The Morgan fingerprint density at radius 2 is 1.85 bits per heavy atom. The molecular formula is C27H24FN5O5S. The number of aromatic nitrogens is 3. The van der Waals surface area contributed by atoms with E-state index in [9.17, 15) is 13.7 Å². The zero-order chi connectivity index (χ0) is 27.5. The SMILES string of the molecule is CN[S+]([O-])c1cccc(NC(=O)c2c(Oc3ccc(F)nc3C)nnc(-c3ccc4c(c3)OCCO4)c2C)c1. The van der Waals surface area contributed by atoms with Gasteiger partial charge in [-0.3, -0.25) is 4.79 Å². The summed E-state index contributed by atoms with van der Waals surface area (Å²) in [5.41, 5.74) is 2.39. The summed E-state index contributed by atoms with van der Waals surface area (Å²) < 4.78 is 45.7. The van der Waals surface area contributed by atoms with Crippen LogP contribution in [0.1, 0.15) is 21.6 Å². The van der Waals surface area contributed by atoms with E-state index in [2.05, 4.69) is 25.2 Å². The van der Waals surface area contributed by atoms with Crippen LogP contribution in [0.3, 0.4) is 0 Å². The molecule has 3 heterocycles. The number of hydrogen-bond acceptors (Lipinski definition) is 9. The molecule has 0 aliphatic carbocycles. The Morgan fingerprint density at radius 3 is 2.62 bits per heavy atom. The Kier molecular flexibility index (Phi) is 7.59. The van der Waals surface area contributed by atoms with Crippen molar-refractivity contribution in [3.05, 3.63) is 77.4 Å². The lowest BCUT2D eigenvalue weighted by atomic mass is 10.0. The molecule has 0 saturated carbocycles. The second kappa shape index (κ2) is 11.2. The third-order valence-electron chi connectivity index (χ3n) is 5.93. The molecular weight excluding hydrogens is 525 g/mol. The maximum atomic E-state index is 13.7. The Morgan fingerprint density at radius 1 is 1.05 bits per heavy atom. The number of anilines is 1. The topological polar surface area (TPSA) is 131 Å². The van der Waals surface area contributed by atoms with Crippen LogP contribution in [0.25, 0.3) is 11.3 Å². The van der Waals surface area contributed by atoms with E-state index in [1.54, 1.807) is 63.4 Å². The van der Waals surface area contributed by atoms with Crippen molar-refractivity contribution < 1.29 is 27.9 Å². The second-order valence-electron chi connectivity index (χ2n) is 8.49. The molecule has 2 aromatic carbocycles. The van der Waals surface area contributed by atoms with Crippen LogP contribution in [0, 0.1) is 19.8 Å². The summed E-state index contributed by atoms with van der Waals surface area (Å²) in [6, 6.07) is 14.6. The van der Waals surface area contributed by atoms with Crippen molar-refractivity contribution >= 4 is 23.0 Å². The monoisotopic (exact) mass is 549 g/mol. The molecule has 0 saturated heterocycles. The number of carbonyl (C=O) groups is 1. The molecule has 4 aromatic rings. The summed E-state index contributed by atoms with van der Waals surface area (Å²) in [7, 11) is 1.57. The van der Waals surface area contributed by atoms with Gasteiger partial charge >= 0.3 is 0 Å². The highest BCUT2D eigenvalue weighted by Crippen LogP contribution is 2.37. The number of fused-ring (bicyclic) bond motifs is 1. The summed E-state index contributed by atoms with van der Waals surface area (Å²) >= 11 is -1.44. The number of pyridine rings is 1. The molecule has 0 bridgehead atoms. The van der Waals surface area contributed by atoms with Crippen LogP contribution >= 0.6 is 0 Å². The molecule has 5 rings (SSSR count). The highest BCUT2D eigenvalue weighted by molar-refractivity contribution is 7.89. The average Bonchev–Trinajstić information content (AvgIpc) is 2.94. The van der Waals surface area contributed by atoms with Gasteiger partial charge < -0.3 is 24.1 Å². The molecule has 1 atom stereocenters. The van der Waals surface area contributed by atoms with Gasteiger partial charge in [-0.1, -0.05) is 6.07 Å². The molecule has 1 aliphatic heterocycles. The number of benzene rings is 2. The molecule has 1 unspecified atom stereocenters. The van der Waals surface area contributed by atoms with Gasteiger partial charge in [-0.15, -0.1) is 14.9 Å². The third kappa shape index (κ3) is 5.62. The van der Waals surface area contributed by atoms with E-state index >= 15 is 0 Å². The van der Waals surface area contributed by atoms with Crippen LogP contribution in [0.5, 0.6) is 23.1 Å². The van der Waals surface area contributed by atoms with Crippen LogP contribution in [0.4, 0.5) is 10.1 Å². The van der Waals surface area contributed by atoms with E-state index in [0.29, 0.717) is 52.1 Å². The zero-order valence-corrected chi connectivity index (χ0v) is 22.1. The van der Waals surface area contributed by atoms with Crippen molar-refractivity contribution in [2.45, 2.75) is 18.7 Å². The average molecular weight is 550 g/mol. The summed E-state index contributed by atoms with van der Waals surface area (Å²) in [5.74, 6) is 0.125. The van der Waals surface area contributed by atoms with Gasteiger partial charge in [0.25, 0.3) is 11.8 Å². The molecule has 10 nitrogen and oxygen atoms in total. The van der Waals surface area contributed by atoms with Gasteiger partial charge in [0.1, 0.15) is 18.8 Å². The Hall–Kier alpha value is -4.26.